The molecule has 0 aliphatic carbocycles. The Hall–Kier alpha value is -3.78. The maximum absolute atomic E-state index is 13.4. The molecule has 0 spiro atoms. The maximum atomic E-state index is 13.4. The third kappa shape index (κ3) is 3.73. The summed E-state index contributed by atoms with van der Waals surface area (Å²) in [4.78, 5) is 31.2. The van der Waals surface area contributed by atoms with E-state index in [0.29, 0.717) is 23.1 Å². The third-order valence-corrected chi connectivity index (χ3v) is 5.91. The first-order valence-electron chi connectivity index (χ1n) is 9.84. The third-order valence-electron chi connectivity index (χ3n) is 5.08. The largest absolute Gasteiger partial charge is 0.330 e. The quantitative estimate of drug-likeness (QED) is 0.534. The molecule has 2 aromatic heterocycles. The molecule has 0 unspecified atom stereocenters. The van der Waals surface area contributed by atoms with Gasteiger partial charge >= 0.3 is 0 Å². The number of amides is 2. The first-order chi connectivity index (χ1) is 15.1. The monoisotopic (exact) mass is 429 g/mol. The van der Waals surface area contributed by atoms with Crippen LogP contribution in [-0.4, -0.2) is 38.6 Å². The fraction of sp³-hybridized carbons (Fsp3) is 0.130. The molecule has 0 bridgehead atoms. The smallest absolute Gasteiger partial charge is 0.291 e. The van der Waals surface area contributed by atoms with Gasteiger partial charge in [0.2, 0.25) is 5.91 Å². The fourth-order valence-corrected chi connectivity index (χ4v) is 4.34. The van der Waals surface area contributed by atoms with Gasteiger partial charge in [0.1, 0.15) is 12.2 Å². The highest BCUT2D eigenvalue weighted by Gasteiger charge is 2.28. The van der Waals surface area contributed by atoms with Gasteiger partial charge < -0.3 is 9.88 Å². The predicted octanol–water partition coefficient (Wildman–Crippen LogP) is 3.91. The number of hydrazone groups is 1. The maximum Gasteiger partial charge on any atom is 0.291 e. The summed E-state index contributed by atoms with van der Waals surface area (Å²) in [5, 5.41) is 10.1. The van der Waals surface area contributed by atoms with Crippen molar-refractivity contribution in [1.82, 2.24) is 14.6 Å². The lowest BCUT2D eigenvalue weighted by Crippen LogP contribution is -2.34. The standard InChI is InChI=1S/C23H19N5O2S/c1-15-12-24-23(31-15)25-21(29)14-28-22(30)20-11-17-9-5-6-10-19(17)27(20)13-18(26-28)16-7-3-2-4-8-16/h2-12H,13-14H2,1H3,(H,24,25,29). The number of rotatable bonds is 4. The highest BCUT2D eigenvalue weighted by atomic mass is 32.1. The van der Waals surface area contributed by atoms with Crippen LogP contribution in [0.5, 0.6) is 0 Å². The van der Waals surface area contributed by atoms with Crippen LogP contribution in [0.4, 0.5) is 5.13 Å². The first-order valence-corrected chi connectivity index (χ1v) is 10.7. The van der Waals surface area contributed by atoms with Crippen molar-refractivity contribution in [3.05, 3.63) is 83.0 Å². The molecule has 2 amide bonds. The molecule has 3 heterocycles. The van der Waals surface area contributed by atoms with Crippen LogP contribution in [0.1, 0.15) is 20.9 Å². The molecule has 0 fully saturated rings. The van der Waals surface area contributed by atoms with Gasteiger partial charge in [0.05, 0.1) is 12.3 Å². The average molecular weight is 430 g/mol. The second-order valence-electron chi connectivity index (χ2n) is 7.27. The summed E-state index contributed by atoms with van der Waals surface area (Å²) in [6.07, 6.45) is 1.70. The van der Waals surface area contributed by atoms with Gasteiger partial charge in [-0.3, -0.25) is 9.59 Å². The lowest BCUT2D eigenvalue weighted by molar-refractivity contribution is -0.116. The highest BCUT2D eigenvalue weighted by Crippen LogP contribution is 2.25. The molecule has 0 radical (unpaired) electrons. The summed E-state index contributed by atoms with van der Waals surface area (Å²) in [6.45, 7) is 2.15. The van der Waals surface area contributed by atoms with E-state index in [1.807, 2.05) is 72.2 Å². The fourth-order valence-electron chi connectivity index (χ4n) is 3.66. The van der Waals surface area contributed by atoms with Crippen molar-refractivity contribution in [3.63, 3.8) is 0 Å². The Morgan fingerprint density at radius 2 is 1.90 bits per heavy atom. The van der Waals surface area contributed by atoms with Crippen molar-refractivity contribution >= 4 is 44.9 Å². The SMILES string of the molecule is Cc1cnc(NC(=O)CN2N=C(c3ccccc3)Cn3c(cc4ccccc43)C2=O)s1. The van der Waals surface area contributed by atoms with Gasteiger partial charge in [0.15, 0.2) is 5.13 Å². The Bertz CT molecular complexity index is 1320. The summed E-state index contributed by atoms with van der Waals surface area (Å²) in [6, 6.07) is 19.4. The van der Waals surface area contributed by atoms with Crippen LogP contribution in [0.15, 0.2) is 72.0 Å². The van der Waals surface area contributed by atoms with Crippen LogP contribution in [-0.2, 0) is 11.3 Å². The topological polar surface area (TPSA) is 79.6 Å². The number of hydrogen-bond donors (Lipinski definition) is 1. The number of para-hydroxylation sites is 1. The second-order valence-corrected chi connectivity index (χ2v) is 8.51. The van der Waals surface area contributed by atoms with E-state index in [9.17, 15) is 9.59 Å². The number of aryl methyl sites for hydroxylation is 1. The summed E-state index contributed by atoms with van der Waals surface area (Å²) >= 11 is 1.39. The minimum Gasteiger partial charge on any atom is -0.330 e. The van der Waals surface area contributed by atoms with Gasteiger partial charge in [-0.25, -0.2) is 9.99 Å². The van der Waals surface area contributed by atoms with Gasteiger partial charge in [-0.2, -0.15) is 5.10 Å². The molecule has 8 heteroatoms. The van der Waals surface area contributed by atoms with Crippen LogP contribution in [0.2, 0.25) is 0 Å². The van der Waals surface area contributed by atoms with Crippen molar-refractivity contribution in [3.8, 4) is 0 Å². The van der Waals surface area contributed by atoms with E-state index in [4.69, 9.17) is 0 Å². The number of carbonyl (C=O) groups is 2. The summed E-state index contributed by atoms with van der Waals surface area (Å²) < 4.78 is 1.96. The normalized spacial score (nSPS) is 13.6. The Labute approximate surface area is 182 Å². The number of nitrogens with one attached hydrogen (secondary N) is 1. The molecule has 1 N–H and O–H groups in total. The van der Waals surface area contributed by atoms with E-state index >= 15 is 0 Å². The van der Waals surface area contributed by atoms with Crippen LogP contribution < -0.4 is 5.32 Å². The minimum atomic E-state index is -0.344. The zero-order valence-corrected chi connectivity index (χ0v) is 17.6. The van der Waals surface area contributed by atoms with Crippen LogP contribution >= 0.6 is 11.3 Å². The minimum absolute atomic E-state index is 0.199. The van der Waals surface area contributed by atoms with E-state index in [2.05, 4.69) is 15.4 Å². The molecule has 1 aliphatic rings. The Balaban J connectivity index is 1.54. The van der Waals surface area contributed by atoms with Crippen LogP contribution in [0.3, 0.4) is 0 Å². The number of fused-ring (bicyclic) bond motifs is 3. The van der Waals surface area contributed by atoms with Crippen molar-refractivity contribution in [1.29, 1.82) is 0 Å². The summed E-state index contributed by atoms with van der Waals surface area (Å²) in [5.41, 5.74) is 3.08. The Kier molecular flexibility index (Phi) is 4.83. The molecule has 0 saturated carbocycles. The molecule has 154 valence electrons. The molecule has 31 heavy (non-hydrogen) atoms. The molecule has 0 saturated heterocycles. The average Bonchev–Trinajstić information content (AvgIpc) is 3.32. The van der Waals surface area contributed by atoms with Crippen LogP contribution in [0, 0.1) is 6.92 Å². The highest BCUT2D eigenvalue weighted by molar-refractivity contribution is 7.15. The van der Waals surface area contributed by atoms with Gasteiger partial charge in [0.25, 0.3) is 5.91 Å². The van der Waals surface area contributed by atoms with Gasteiger partial charge in [0, 0.05) is 22.0 Å². The molecule has 0 atom stereocenters. The van der Waals surface area contributed by atoms with Gasteiger partial charge in [-0.1, -0.05) is 48.5 Å². The number of hydrogen-bond acceptors (Lipinski definition) is 5. The number of anilines is 1. The molecule has 1 aliphatic heterocycles. The van der Waals surface area contributed by atoms with E-state index in [1.165, 1.54) is 16.3 Å². The van der Waals surface area contributed by atoms with Gasteiger partial charge in [-0.05, 0) is 24.6 Å². The molecule has 7 nitrogen and oxygen atoms in total. The van der Waals surface area contributed by atoms with E-state index < -0.39 is 0 Å². The van der Waals surface area contributed by atoms with E-state index in [1.54, 1.807) is 6.20 Å². The first kappa shape index (κ1) is 19.2. The van der Waals surface area contributed by atoms with Crippen LogP contribution in [0.25, 0.3) is 10.9 Å². The number of thiazole rings is 1. The lowest BCUT2D eigenvalue weighted by atomic mass is 10.1. The second kappa shape index (κ2) is 7.81. The Morgan fingerprint density at radius 3 is 2.68 bits per heavy atom. The molecular weight excluding hydrogens is 410 g/mol. The van der Waals surface area contributed by atoms with E-state index in [-0.39, 0.29) is 18.4 Å². The number of benzene rings is 2. The Morgan fingerprint density at radius 1 is 1.13 bits per heavy atom. The number of nitrogens with zero attached hydrogens (tertiary/aromatic N) is 4. The molecule has 5 rings (SSSR count). The zero-order valence-electron chi connectivity index (χ0n) is 16.8. The van der Waals surface area contributed by atoms with Crippen molar-refractivity contribution in [2.75, 3.05) is 11.9 Å². The summed E-state index contributed by atoms with van der Waals surface area (Å²) in [7, 11) is 0. The number of aromatic nitrogens is 2. The lowest BCUT2D eigenvalue weighted by Gasteiger charge is -2.15. The predicted molar refractivity (Wildman–Crippen MR) is 121 cm³/mol. The zero-order chi connectivity index (χ0) is 21.4. The van der Waals surface area contributed by atoms with E-state index in [0.717, 1.165) is 21.3 Å². The molecule has 4 aromatic rings. The van der Waals surface area contributed by atoms with Crippen molar-refractivity contribution < 1.29 is 9.59 Å². The number of carbonyl (C=O) groups excluding carboxylic acids is 2. The molecular formula is C23H19N5O2S. The molecule has 2 aromatic carbocycles. The van der Waals surface area contributed by atoms with Crippen molar-refractivity contribution in [2.45, 2.75) is 13.5 Å². The summed E-state index contributed by atoms with van der Waals surface area (Å²) in [5.74, 6) is -0.656. The van der Waals surface area contributed by atoms with Gasteiger partial charge in [-0.15, -0.1) is 11.3 Å². The van der Waals surface area contributed by atoms with Crippen molar-refractivity contribution in [2.24, 2.45) is 5.10 Å².